The van der Waals surface area contributed by atoms with Crippen LogP contribution in [0, 0.1) is 0 Å². The molecule has 0 aliphatic carbocycles. The van der Waals surface area contributed by atoms with Crippen LogP contribution in [0.25, 0.3) is 0 Å². The van der Waals surface area contributed by atoms with Crippen LogP contribution in [0.4, 0.5) is 0 Å². The fourth-order valence-corrected chi connectivity index (χ4v) is 1.66. The van der Waals surface area contributed by atoms with Gasteiger partial charge in [0.1, 0.15) is 30.5 Å². The summed E-state index contributed by atoms with van der Waals surface area (Å²) >= 11 is 0. The van der Waals surface area contributed by atoms with E-state index in [1.165, 1.54) is 6.92 Å². The predicted molar refractivity (Wildman–Crippen MR) is 57.4 cm³/mol. The van der Waals surface area contributed by atoms with E-state index in [1.807, 2.05) is 0 Å². The van der Waals surface area contributed by atoms with Crippen LogP contribution in [0.3, 0.4) is 0 Å². The minimum atomic E-state index is -1.55. The summed E-state index contributed by atoms with van der Waals surface area (Å²) in [6.07, 6.45) is -9.02. The monoisotopic (exact) mass is 268 g/mol. The van der Waals surface area contributed by atoms with Gasteiger partial charge in [-0.15, -0.1) is 0 Å². The van der Waals surface area contributed by atoms with E-state index in [9.17, 15) is 20.4 Å². The maximum atomic E-state index is 9.64. The van der Waals surface area contributed by atoms with E-state index in [0.717, 1.165) is 0 Å². The SMILES string of the molecule is C[C@H](O)[C@H](CO)O[C@@H]1O[C@H](CO)[C@@H](O)[C@H](O)[C@H]1O. The Hall–Kier alpha value is -0.320. The lowest BCUT2D eigenvalue weighted by Crippen LogP contribution is -2.60. The topological polar surface area (TPSA) is 140 Å². The van der Waals surface area contributed by atoms with Crippen LogP contribution >= 0.6 is 0 Å². The van der Waals surface area contributed by atoms with Gasteiger partial charge in [0.05, 0.1) is 19.3 Å². The molecule has 8 heteroatoms. The van der Waals surface area contributed by atoms with Gasteiger partial charge in [-0.25, -0.2) is 0 Å². The molecule has 0 amide bonds. The Bertz CT molecular complexity index is 246. The summed E-state index contributed by atoms with van der Waals surface area (Å²) in [7, 11) is 0. The highest BCUT2D eigenvalue weighted by Gasteiger charge is 2.45. The third-order valence-electron chi connectivity index (χ3n) is 2.88. The second kappa shape index (κ2) is 6.73. The van der Waals surface area contributed by atoms with Crippen molar-refractivity contribution in [1.29, 1.82) is 0 Å². The summed E-state index contributed by atoms with van der Waals surface area (Å²) in [6.45, 7) is 0.306. The normalized spacial score (nSPS) is 40.5. The Balaban J connectivity index is 2.69. The first-order valence-corrected chi connectivity index (χ1v) is 5.67. The van der Waals surface area contributed by atoms with Crippen LogP contribution in [0.5, 0.6) is 0 Å². The Morgan fingerprint density at radius 1 is 1.11 bits per heavy atom. The molecule has 1 rings (SSSR count). The molecule has 0 spiro atoms. The van der Waals surface area contributed by atoms with Crippen molar-refractivity contribution >= 4 is 0 Å². The lowest BCUT2D eigenvalue weighted by atomic mass is 9.99. The molecule has 0 aromatic rings. The molecule has 1 fully saturated rings. The summed E-state index contributed by atoms with van der Waals surface area (Å²) in [6, 6.07) is 0. The van der Waals surface area contributed by atoms with Gasteiger partial charge in [-0.1, -0.05) is 0 Å². The van der Waals surface area contributed by atoms with Gasteiger partial charge in [0.2, 0.25) is 0 Å². The minimum absolute atomic E-state index is 0.507. The highest BCUT2D eigenvalue weighted by atomic mass is 16.7. The largest absolute Gasteiger partial charge is 0.394 e. The van der Waals surface area contributed by atoms with Crippen molar-refractivity contribution in [3.05, 3.63) is 0 Å². The van der Waals surface area contributed by atoms with Crippen LogP contribution < -0.4 is 0 Å². The lowest BCUT2D eigenvalue weighted by molar-refractivity contribution is -0.318. The summed E-state index contributed by atoms with van der Waals surface area (Å²) < 4.78 is 10.2. The lowest BCUT2D eigenvalue weighted by Gasteiger charge is -2.40. The molecule has 1 heterocycles. The molecule has 0 radical (unpaired) electrons. The molecule has 1 aliphatic rings. The standard InChI is InChI=1S/C10H20O8/c1-4(13)5(2-11)17-10-9(16)8(15)7(14)6(3-12)18-10/h4-16H,2-3H2,1H3/t4-,5-,6+,7+,8-,9+,10+/m0/s1. The molecule has 0 aromatic heterocycles. The quantitative estimate of drug-likeness (QED) is 0.302. The van der Waals surface area contributed by atoms with E-state index in [1.54, 1.807) is 0 Å². The fourth-order valence-electron chi connectivity index (χ4n) is 1.66. The van der Waals surface area contributed by atoms with Crippen molar-refractivity contribution in [3.63, 3.8) is 0 Å². The summed E-state index contributed by atoms with van der Waals surface area (Å²) in [4.78, 5) is 0. The first kappa shape index (κ1) is 15.7. The predicted octanol–water partition coefficient (Wildman–Crippen LogP) is -3.46. The Morgan fingerprint density at radius 2 is 1.72 bits per heavy atom. The smallest absolute Gasteiger partial charge is 0.187 e. The van der Waals surface area contributed by atoms with E-state index in [4.69, 9.17) is 19.7 Å². The first-order chi connectivity index (χ1) is 8.42. The van der Waals surface area contributed by atoms with Gasteiger partial charge in [0.25, 0.3) is 0 Å². The van der Waals surface area contributed by atoms with Crippen molar-refractivity contribution in [2.75, 3.05) is 13.2 Å². The molecule has 7 atom stereocenters. The second-order valence-electron chi connectivity index (χ2n) is 4.29. The molecule has 108 valence electrons. The summed E-state index contributed by atoms with van der Waals surface area (Å²) in [5.41, 5.74) is 0. The highest BCUT2D eigenvalue weighted by Crippen LogP contribution is 2.23. The van der Waals surface area contributed by atoms with Gasteiger partial charge in [0, 0.05) is 0 Å². The van der Waals surface area contributed by atoms with Gasteiger partial charge in [-0.2, -0.15) is 0 Å². The molecular formula is C10H20O8. The Labute approximate surface area is 104 Å². The third-order valence-corrected chi connectivity index (χ3v) is 2.88. The van der Waals surface area contributed by atoms with E-state index in [0.29, 0.717) is 0 Å². The molecule has 0 unspecified atom stereocenters. The molecule has 1 saturated heterocycles. The maximum absolute atomic E-state index is 9.64. The number of hydrogen-bond acceptors (Lipinski definition) is 8. The molecule has 1 aliphatic heterocycles. The van der Waals surface area contributed by atoms with E-state index < -0.39 is 56.1 Å². The zero-order valence-electron chi connectivity index (χ0n) is 9.96. The van der Waals surface area contributed by atoms with Crippen LogP contribution in [0.15, 0.2) is 0 Å². The highest BCUT2D eigenvalue weighted by molar-refractivity contribution is 4.89. The van der Waals surface area contributed by atoms with Crippen LogP contribution in [0.2, 0.25) is 0 Å². The molecule has 0 bridgehead atoms. The van der Waals surface area contributed by atoms with Crippen molar-refractivity contribution in [1.82, 2.24) is 0 Å². The number of rotatable bonds is 5. The zero-order valence-corrected chi connectivity index (χ0v) is 9.96. The average molecular weight is 268 g/mol. The van der Waals surface area contributed by atoms with Crippen molar-refractivity contribution < 1.29 is 40.1 Å². The van der Waals surface area contributed by atoms with Gasteiger partial charge in [0.15, 0.2) is 6.29 Å². The number of aliphatic hydroxyl groups excluding tert-OH is 6. The van der Waals surface area contributed by atoms with Crippen LogP contribution in [-0.4, -0.2) is 86.8 Å². The summed E-state index contributed by atoms with van der Waals surface area (Å²) in [5, 5.41) is 55.9. The molecule has 0 aromatic carbocycles. The van der Waals surface area contributed by atoms with Gasteiger partial charge in [-0.3, -0.25) is 0 Å². The van der Waals surface area contributed by atoms with Crippen molar-refractivity contribution in [3.8, 4) is 0 Å². The molecule has 8 nitrogen and oxygen atoms in total. The fraction of sp³-hybridized carbons (Fsp3) is 1.00. The zero-order chi connectivity index (χ0) is 13.9. The summed E-state index contributed by atoms with van der Waals surface area (Å²) in [5.74, 6) is 0. The number of aliphatic hydroxyl groups is 6. The van der Waals surface area contributed by atoms with Gasteiger partial charge < -0.3 is 40.1 Å². The molecule has 18 heavy (non-hydrogen) atoms. The van der Waals surface area contributed by atoms with Crippen molar-refractivity contribution in [2.24, 2.45) is 0 Å². The van der Waals surface area contributed by atoms with E-state index in [2.05, 4.69) is 0 Å². The van der Waals surface area contributed by atoms with Crippen LogP contribution in [0.1, 0.15) is 6.92 Å². The second-order valence-corrected chi connectivity index (χ2v) is 4.29. The first-order valence-electron chi connectivity index (χ1n) is 5.67. The Morgan fingerprint density at radius 3 is 2.17 bits per heavy atom. The van der Waals surface area contributed by atoms with Gasteiger partial charge >= 0.3 is 0 Å². The van der Waals surface area contributed by atoms with E-state index in [-0.39, 0.29) is 0 Å². The molecular weight excluding hydrogens is 248 g/mol. The maximum Gasteiger partial charge on any atom is 0.187 e. The number of hydrogen-bond donors (Lipinski definition) is 6. The van der Waals surface area contributed by atoms with E-state index >= 15 is 0 Å². The number of ether oxygens (including phenoxy) is 2. The van der Waals surface area contributed by atoms with Crippen LogP contribution in [-0.2, 0) is 9.47 Å². The molecule has 0 saturated carbocycles. The Kier molecular flexibility index (Phi) is 5.89. The minimum Gasteiger partial charge on any atom is -0.394 e. The third kappa shape index (κ3) is 3.37. The van der Waals surface area contributed by atoms with Gasteiger partial charge in [-0.05, 0) is 6.92 Å². The van der Waals surface area contributed by atoms with Crippen molar-refractivity contribution in [2.45, 2.75) is 49.8 Å². The molecule has 6 N–H and O–H groups in total. The average Bonchev–Trinajstić information content (AvgIpc) is 2.35.